The molecule has 27 heavy (non-hydrogen) atoms. The zero-order chi connectivity index (χ0) is 19.6. The fraction of sp³-hybridized carbons (Fsp3) is 0.222. The number of fused-ring (bicyclic) bond motifs is 1. The standard InChI is InChI=1S/C18H17ClN2O5S/c1-12-6-7-13(10-15(12)19)26-9-8-20-17(22)11-21-18(23)14-4-2-3-5-16(14)27(21,24)25/h2-7,10H,8-9,11H2,1H3,(H,20,22). The van der Waals surface area contributed by atoms with E-state index in [0.717, 1.165) is 5.56 Å². The minimum Gasteiger partial charge on any atom is -0.492 e. The molecule has 1 heterocycles. The Morgan fingerprint density at radius 1 is 1.22 bits per heavy atom. The molecule has 0 aliphatic carbocycles. The van der Waals surface area contributed by atoms with Crippen LogP contribution >= 0.6 is 11.6 Å². The monoisotopic (exact) mass is 408 g/mol. The van der Waals surface area contributed by atoms with Crippen LogP contribution in [-0.4, -0.2) is 44.2 Å². The maximum absolute atomic E-state index is 12.4. The molecular formula is C18H17ClN2O5S. The average molecular weight is 409 g/mol. The van der Waals surface area contributed by atoms with E-state index in [2.05, 4.69) is 5.32 Å². The van der Waals surface area contributed by atoms with E-state index in [0.29, 0.717) is 15.1 Å². The molecule has 0 spiro atoms. The van der Waals surface area contributed by atoms with E-state index >= 15 is 0 Å². The first-order chi connectivity index (χ1) is 12.8. The van der Waals surface area contributed by atoms with Crippen molar-refractivity contribution in [3.63, 3.8) is 0 Å². The van der Waals surface area contributed by atoms with Crippen molar-refractivity contribution in [2.24, 2.45) is 0 Å². The summed E-state index contributed by atoms with van der Waals surface area (Å²) in [6, 6.07) is 11.1. The molecule has 3 rings (SSSR count). The Bertz CT molecular complexity index is 1010. The topological polar surface area (TPSA) is 92.8 Å². The first kappa shape index (κ1) is 19.2. The first-order valence-electron chi connectivity index (χ1n) is 8.12. The van der Waals surface area contributed by atoms with Crippen LogP contribution in [0.1, 0.15) is 15.9 Å². The molecule has 1 N–H and O–H groups in total. The van der Waals surface area contributed by atoms with Crippen LogP contribution in [-0.2, 0) is 14.8 Å². The highest BCUT2D eigenvalue weighted by Gasteiger charge is 2.41. The van der Waals surface area contributed by atoms with Crippen molar-refractivity contribution < 1.29 is 22.7 Å². The molecule has 1 aliphatic rings. The molecule has 142 valence electrons. The lowest BCUT2D eigenvalue weighted by Gasteiger charge is -2.15. The number of carbonyl (C=O) groups is 2. The number of aryl methyl sites for hydroxylation is 1. The number of benzene rings is 2. The second-order valence-corrected chi connectivity index (χ2v) is 8.16. The summed E-state index contributed by atoms with van der Waals surface area (Å²) >= 11 is 6.01. The number of halogens is 1. The number of carbonyl (C=O) groups excluding carboxylic acids is 2. The Labute approximate surface area is 161 Å². The van der Waals surface area contributed by atoms with Crippen molar-refractivity contribution in [3.8, 4) is 5.75 Å². The second-order valence-electron chi connectivity index (χ2n) is 5.92. The predicted molar refractivity (Wildman–Crippen MR) is 99.4 cm³/mol. The highest BCUT2D eigenvalue weighted by atomic mass is 35.5. The zero-order valence-corrected chi connectivity index (χ0v) is 16.0. The quantitative estimate of drug-likeness (QED) is 0.738. The molecule has 9 heteroatoms. The van der Waals surface area contributed by atoms with Gasteiger partial charge in [0.2, 0.25) is 5.91 Å². The van der Waals surface area contributed by atoms with Crippen molar-refractivity contribution in [1.82, 2.24) is 9.62 Å². The fourth-order valence-electron chi connectivity index (χ4n) is 2.60. The van der Waals surface area contributed by atoms with Gasteiger partial charge >= 0.3 is 0 Å². The van der Waals surface area contributed by atoms with Crippen molar-refractivity contribution >= 4 is 33.4 Å². The maximum atomic E-state index is 12.4. The van der Waals surface area contributed by atoms with Crippen LogP contribution < -0.4 is 10.1 Å². The van der Waals surface area contributed by atoms with Crippen LogP contribution in [0.3, 0.4) is 0 Å². The predicted octanol–water partition coefficient (Wildman–Crippen LogP) is 1.99. The van der Waals surface area contributed by atoms with Gasteiger partial charge in [-0.2, -0.15) is 0 Å². The van der Waals surface area contributed by atoms with Gasteiger partial charge < -0.3 is 10.1 Å². The summed E-state index contributed by atoms with van der Waals surface area (Å²) in [4.78, 5) is 24.2. The smallest absolute Gasteiger partial charge is 0.269 e. The second kappa shape index (κ2) is 7.58. The number of ether oxygens (including phenoxy) is 1. The minimum absolute atomic E-state index is 0.0740. The van der Waals surface area contributed by atoms with Gasteiger partial charge in [0, 0.05) is 5.02 Å². The zero-order valence-electron chi connectivity index (χ0n) is 14.4. The van der Waals surface area contributed by atoms with E-state index in [-0.39, 0.29) is 23.6 Å². The number of hydrogen-bond donors (Lipinski definition) is 1. The molecule has 0 radical (unpaired) electrons. The molecular weight excluding hydrogens is 392 g/mol. The van der Waals surface area contributed by atoms with Gasteiger partial charge in [-0.3, -0.25) is 9.59 Å². The van der Waals surface area contributed by atoms with Gasteiger partial charge in [0.05, 0.1) is 12.1 Å². The van der Waals surface area contributed by atoms with Gasteiger partial charge in [-0.25, -0.2) is 12.7 Å². The van der Waals surface area contributed by atoms with E-state index in [1.165, 1.54) is 18.2 Å². The van der Waals surface area contributed by atoms with E-state index in [1.54, 1.807) is 18.2 Å². The fourth-order valence-corrected chi connectivity index (χ4v) is 4.29. The summed E-state index contributed by atoms with van der Waals surface area (Å²) in [5.41, 5.74) is 1.000. The molecule has 2 amide bonds. The lowest BCUT2D eigenvalue weighted by atomic mass is 10.2. The molecule has 1 aliphatic heterocycles. The summed E-state index contributed by atoms with van der Waals surface area (Å²) in [6.07, 6.45) is 0. The highest BCUT2D eigenvalue weighted by Crippen LogP contribution is 2.29. The van der Waals surface area contributed by atoms with Gasteiger partial charge in [0.1, 0.15) is 23.8 Å². The van der Waals surface area contributed by atoms with Crippen LogP contribution in [0.2, 0.25) is 5.02 Å². The molecule has 0 atom stereocenters. The van der Waals surface area contributed by atoms with E-state index in [4.69, 9.17) is 16.3 Å². The molecule has 0 aromatic heterocycles. The number of amides is 2. The Balaban J connectivity index is 1.53. The summed E-state index contributed by atoms with van der Waals surface area (Å²) in [7, 11) is -4.00. The molecule has 0 unspecified atom stereocenters. The third-order valence-electron chi connectivity index (χ3n) is 4.04. The molecule has 0 saturated carbocycles. The van der Waals surface area contributed by atoms with Crippen LogP contribution in [0.25, 0.3) is 0 Å². The van der Waals surface area contributed by atoms with Crippen LogP contribution in [0.4, 0.5) is 0 Å². The normalized spacial score (nSPS) is 14.7. The molecule has 2 aromatic carbocycles. The SMILES string of the molecule is Cc1ccc(OCCNC(=O)CN2C(=O)c3ccccc3S2(=O)=O)cc1Cl. The first-order valence-corrected chi connectivity index (χ1v) is 9.94. The summed E-state index contributed by atoms with van der Waals surface area (Å²) < 4.78 is 30.8. The minimum atomic E-state index is -4.00. The molecule has 0 saturated heterocycles. The van der Waals surface area contributed by atoms with Crippen molar-refractivity contribution in [1.29, 1.82) is 0 Å². The Hall–Kier alpha value is -2.58. The van der Waals surface area contributed by atoms with Crippen LogP contribution in [0.5, 0.6) is 5.75 Å². The summed E-state index contributed by atoms with van der Waals surface area (Å²) in [5.74, 6) is -0.732. The number of rotatable bonds is 6. The molecule has 0 bridgehead atoms. The van der Waals surface area contributed by atoms with Crippen LogP contribution in [0.15, 0.2) is 47.4 Å². The number of hydrogen-bond acceptors (Lipinski definition) is 5. The number of nitrogens with zero attached hydrogens (tertiary/aromatic N) is 1. The van der Waals surface area contributed by atoms with E-state index in [1.807, 2.05) is 13.0 Å². The number of nitrogens with one attached hydrogen (secondary N) is 1. The average Bonchev–Trinajstić information content (AvgIpc) is 2.83. The largest absolute Gasteiger partial charge is 0.492 e. The Morgan fingerprint density at radius 3 is 2.67 bits per heavy atom. The molecule has 0 fully saturated rings. The third kappa shape index (κ3) is 3.91. The van der Waals surface area contributed by atoms with E-state index < -0.39 is 28.4 Å². The maximum Gasteiger partial charge on any atom is 0.269 e. The summed E-state index contributed by atoms with van der Waals surface area (Å²) in [6.45, 7) is 1.62. The molecule has 2 aromatic rings. The van der Waals surface area contributed by atoms with Gasteiger partial charge in [0.15, 0.2) is 0 Å². The third-order valence-corrected chi connectivity index (χ3v) is 6.23. The van der Waals surface area contributed by atoms with Crippen molar-refractivity contribution in [2.75, 3.05) is 19.7 Å². The lowest BCUT2D eigenvalue weighted by Crippen LogP contribution is -2.41. The van der Waals surface area contributed by atoms with Gasteiger partial charge in [-0.15, -0.1) is 0 Å². The van der Waals surface area contributed by atoms with Crippen molar-refractivity contribution in [3.05, 3.63) is 58.6 Å². The van der Waals surface area contributed by atoms with Gasteiger partial charge in [-0.05, 0) is 36.8 Å². The van der Waals surface area contributed by atoms with Crippen LogP contribution in [0, 0.1) is 6.92 Å². The molecule has 7 nitrogen and oxygen atoms in total. The highest BCUT2D eigenvalue weighted by molar-refractivity contribution is 7.90. The van der Waals surface area contributed by atoms with Gasteiger partial charge in [0.25, 0.3) is 15.9 Å². The Morgan fingerprint density at radius 2 is 1.96 bits per heavy atom. The number of sulfonamides is 1. The lowest BCUT2D eigenvalue weighted by molar-refractivity contribution is -0.121. The van der Waals surface area contributed by atoms with Gasteiger partial charge in [-0.1, -0.05) is 29.8 Å². The Kier molecular flexibility index (Phi) is 5.38. The van der Waals surface area contributed by atoms with E-state index in [9.17, 15) is 18.0 Å². The summed E-state index contributed by atoms with van der Waals surface area (Å²) in [5, 5.41) is 3.11. The van der Waals surface area contributed by atoms with Crippen molar-refractivity contribution in [2.45, 2.75) is 11.8 Å².